The van der Waals surface area contributed by atoms with Crippen LogP contribution in [0.5, 0.6) is 0 Å². The maximum Gasteiger partial charge on any atom is 0.303 e. The monoisotopic (exact) mass is 317 g/mol. The maximum atomic E-state index is 13.6. The number of aliphatic carboxylic acids is 1. The Balaban J connectivity index is 2.11. The van der Waals surface area contributed by atoms with E-state index < -0.39 is 17.6 Å². The summed E-state index contributed by atoms with van der Waals surface area (Å²) in [5.74, 6) is -2.40. The fourth-order valence-electron chi connectivity index (χ4n) is 2.43. The van der Waals surface area contributed by atoms with Crippen LogP contribution in [0.25, 0.3) is 22.6 Å². The summed E-state index contributed by atoms with van der Waals surface area (Å²) in [6, 6.07) is 7.38. The number of carbonyl (C=O) groups is 1. The summed E-state index contributed by atoms with van der Waals surface area (Å²) in [7, 11) is 0. The van der Waals surface area contributed by atoms with Crippen LogP contribution < -0.4 is 0 Å². The molecule has 0 aliphatic heterocycles. The summed E-state index contributed by atoms with van der Waals surface area (Å²) in [6.45, 7) is 0.319. The van der Waals surface area contributed by atoms with E-state index in [4.69, 9.17) is 5.11 Å². The molecule has 2 heterocycles. The number of rotatable bonds is 5. The second-order valence-corrected chi connectivity index (χ2v) is 5.05. The summed E-state index contributed by atoms with van der Waals surface area (Å²) in [4.78, 5) is 19.2. The van der Waals surface area contributed by atoms with Gasteiger partial charge in [0.05, 0.1) is 11.0 Å². The van der Waals surface area contributed by atoms with E-state index in [-0.39, 0.29) is 6.42 Å². The minimum atomic E-state index is -0.972. The van der Waals surface area contributed by atoms with Crippen molar-refractivity contribution < 1.29 is 18.7 Å². The zero-order chi connectivity index (χ0) is 16.4. The highest BCUT2D eigenvalue weighted by atomic mass is 19.2. The molecule has 0 unspecified atom stereocenters. The fourth-order valence-corrected chi connectivity index (χ4v) is 2.43. The number of halogens is 2. The average molecular weight is 317 g/mol. The van der Waals surface area contributed by atoms with Gasteiger partial charge in [-0.15, -0.1) is 0 Å². The molecule has 7 heteroatoms. The molecule has 0 fully saturated rings. The highest BCUT2D eigenvalue weighted by Crippen LogP contribution is 2.26. The Labute approximate surface area is 130 Å². The van der Waals surface area contributed by atoms with E-state index in [1.807, 2.05) is 0 Å². The number of benzene rings is 1. The van der Waals surface area contributed by atoms with Crippen LogP contribution in [0.4, 0.5) is 8.78 Å². The highest BCUT2D eigenvalue weighted by molar-refractivity contribution is 5.80. The van der Waals surface area contributed by atoms with Crippen molar-refractivity contribution in [1.29, 1.82) is 0 Å². The lowest BCUT2D eigenvalue weighted by atomic mass is 10.2. The van der Waals surface area contributed by atoms with Gasteiger partial charge in [-0.1, -0.05) is 6.07 Å². The molecule has 5 nitrogen and oxygen atoms in total. The van der Waals surface area contributed by atoms with Gasteiger partial charge in [-0.3, -0.25) is 9.78 Å². The molecule has 0 saturated heterocycles. The molecule has 0 bridgehead atoms. The number of fused-ring (bicyclic) bond motifs is 1. The third-order valence-electron chi connectivity index (χ3n) is 3.46. The Hall–Kier alpha value is -2.83. The standard InChI is InChI=1S/C16H13F2N3O2/c17-10-8-13-14(9-11(10)18)21(7-3-5-15(22)23)16(20-13)12-4-1-2-6-19-12/h1-2,4,6,8-9H,3,5,7H2,(H,22,23). The van der Waals surface area contributed by atoms with E-state index in [1.54, 1.807) is 29.0 Å². The second kappa shape index (κ2) is 6.12. The minimum Gasteiger partial charge on any atom is -0.481 e. The highest BCUT2D eigenvalue weighted by Gasteiger charge is 2.16. The number of nitrogens with zero attached hydrogens (tertiary/aromatic N) is 3. The van der Waals surface area contributed by atoms with Crippen molar-refractivity contribution in [2.24, 2.45) is 0 Å². The molecule has 23 heavy (non-hydrogen) atoms. The molecule has 2 aromatic heterocycles. The van der Waals surface area contributed by atoms with Gasteiger partial charge in [0.2, 0.25) is 0 Å². The van der Waals surface area contributed by atoms with E-state index in [1.165, 1.54) is 0 Å². The Morgan fingerprint density at radius 3 is 2.70 bits per heavy atom. The number of aromatic nitrogens is 3. The van der Waals surface area contributed by atoms with E-state index in [0.717, 1.165) is 12.1 Å². The Morgan fingerprint density at radius 1 is 1.22 bits per heavy atom. The molecule has 0 saturated carbocycles. The SMILES string of the molecule is O=C(O)CCCn1c(-c2ccccn2)nc2cc(F)c(F)cc21. The van der Waals surface area contributed by atoms with Crippen molar-refractivity contribution in [3.05, 3.63) is 48.2 Å². The predicted molar refractivity (Wildman–Crippen MR) is 79.7 cm³/mol. The molecular formula is C16H13F2N3O2. The smallest absolute Gasteiger partial charge is 0.303 e. The van der Waals surface area contributed by atoms with Crippen molar-refractivity contribution in [2.45, 2.75) is 19.4 Å². The first-order chi connectivity index (χ1) is 11.1. The summed E-state index contributed by atoms with van der Waals surface area (Å²) in [6.07, 6.45) is 1.92. The molecule has 0 aliphatic carbocycles. The zero-order valence-electron chi connectivity index (χ0n) is 12.0. The van der Waals surface area contributed by atoms with Gasteiger partial charge in [-0.2, -0.15) is 0 Å². The van der Waals surface area contributed by atoms with Gasteiger partial charge >= 0.3 is 5.97 Å². The zero-order valence-corrected chi connectivity index (χ0v) is 12.0. The second-order valence-electron chi connectivity index (χ2n) is 5.05. The summed E-state index contributed by atoms with van der Waals surface area (Å²) in [5.41, 5.74) is 1.27. The first kappa shape index (κ1) is 15.1. The number of hydrogen-bond donors (Lipinski definition) is 1. The summed E-state index contributed by atoms with van der Waals surface area (Å²) in [5, 5.41) is 8.78. The lowest BCUT2D eigenvalue weighted by molar-refractivity contribution is -0.137. The molecule has 0 atom stereocenters. The lowest BCUT2D eigenvalue weighted by Crippen LogP contribution is -2.04. The van der Waals surface area contributed by atoms with Crippen LogP contribution in [0, 0.1) is 11.6 Å². The van der Waals surface area contributed by atoms with Crippen LogP contribution >= 0.6 is 0 Å². The van der Waals surface area contributed by atoms with E-state index in [9.17, 15) is 13.6 Å². The van der Waals surface area contributed by atoms with E-state index in [2.05, 4.69) is 9.97 Å². The number of hydrogen-bond acceptors (Lipinski definition) is 3. The van der Waals surface area contributed by atoms with Gasteiger partial charge < -0.3 is 9.67 Å². The predicted octanol–water partition coefficient (Wildman–Crippen LogP) is 3.24. The van der Waals surface area contributed by atoms with Gasteiger partial charge in [-0.25, -0.2) is 13.8 Å². The molecule has 3 rings (SSSR count). The molecule has 118 valence electrons. The molecule has 0 spiro atoms. The van der Waals surface area contributed by atoms with Crippen LogP contribution in [0.2, 0.25) is 0 Å². The van der Waals surface area contributed by atoms with Crippen LogP contribution in [0.15, 0.2) is 36.5 Å². The topological polar surface area (TPSA) is 68.0 Å². The average Bonchev–Trinajstić information content (AvgIpc) is 2.86. The number of carboxylic acids is 1. The van der Waals surface area contributed by atoms with Crippen molar-refractivity contribution in [3.8, 4) is 11.5 Å². The molecule has 1 N–H and O–H groups in total. The van der Waals surface area contributed by atoms with Gasteiger partial charge in [0.15, 0.2) is 17.5 Å². The molecule has 0 aliphatic rings. The summed E-state index contributed by atoms with van der Waals surface area (Å²) < 4.78 is 28.7. The lowest BCUT2D eigenvalue weighted by Gasteiger charge is -2.08. The quantitative estimate of drug-likeness (QED) is 0.784. The van der Waals surface area contributed by atoms with Crippen molar-refractivity contribution in [1.82, 2.24) is 14.5 Å². The van der Waals surface area contributed by atoms with Crippen molar-refractivity contribution in [3.63, 3.8) is 0 Å². The normalized spacial score (nSPS) is 11.0. The third-order valence-corrected chi connectivity index (χ3v) is 3.46. The van der Waals surface area contributed by atoms with Gasteiger partial charge in [0.1, 0.15) is 5.69 Å². The number of pyridine rings is 1. The Bertz CT molecular complexity index is 863. The maximum absolute atomic E-state index is 13.6. The van der Waals surface area contributed by atoms with Crippen LogP contribution in [-0.4, -0.2) is 25.6 Å². The van der Waals surface area contributed by atoms with Gasteiger partial charge in [0, 0.05) is 31.3 Å². The van der Waals surface area contributed by atoms with E-state index in [0.29, 0.717) is 35.5 Å². The number of imidazole rings is 1. The molecular weight excluding hydrogens is 304 g/mol. The molecule has 3 aromatic rings. The first-order valence-corrected chi connectivity index (χ1v) is 7.05. The van der Waals surface area contributed by atoms with Crippen molar-refractivity contribution in [2.75, 3.05) is 0 Å². The number of carboxylic acid groups (broad SMARTS) is 1. The summed E-state index contributed by atoms with van der Waals surface area (Å²) >= 11 is 0. The van der Waals surface area contributed by atoms with Crippen molar-refractivity contribution >= 4 is 17.0 Å². The van der Waals surface area contributed by atoms with Crippen LogP contribution in [-0.2, 0) is 11.3 Å². The molecule has 0 radical (unpaired) electrons. The van der Waals surface area contributed by atoms with E-state index >= 15 is 0 Å². The van der Waals surface area contributed by atoms with Crippen LogP contribution in [0.3, 0.4) is 0 Å². The largest absolute Gasteiger partial charge is 0.481 e. The van der Waals surface area contributed by atoms with Crippen LogP contribution in [0.1, 0.15) is 12.8 Å². The Kier molecular flexibility index (Phi) is 4.01. The molecule has 1 aromatic carbocycles. The molecule has 0 amide bonds. The number of aryl methyl sites for hydroxylation is 1. The van der Waals surface area contributed by atoms with Gasteiger partial charge in [0.25, 0.3) is 0 Å². The third kappa shape index (κ3) is 3.03. The van der Waals surface area contributed by atoms with Gasteiger partial charge in [-0.05, 0) is 18.6 Å². The first-order valence-electron chi connectivity index (χ1n) is 7.05. The minimum absolute atomic E-state index is 0.0228. The Morgan fingerprint density at radius 2 is 2.00 bits per heavy atom. The fraction of sp³-hybridized carbons (Fsp3) is 0.188.